The fraction of sp³-hybridized carbons (Fsp3) is 0.160. The maximum absolute atomic E-state index is 13.3. The molecule has 32 heavy (non-hydrogen) atoms. The monoisotopic (exact) mass is 461 g/mol. The van der Waals surface area contributed by atoms with E-state index >= 15 is 0 Å². The molecule has 0 fully saturated rings. The summed E-state index contributed by atoms with van der Waals surface area (Å²) in [5.41, 5.74) is 2.50. The molecule has 3 aromatic carbocycles. The Kier molecular flexibility index (Phi) is 7.19. The summed E-state index contributed by atoms with van der Waals surface area (Å²) in [6, 6.07) is 25.1. The highest BCUT2D eigenvalue weighted by Crippen LogP contribution is 2.38. The number of hydrogen-bond acceptors (Lipinski definition) is 5. The third-order valence-corrected chi connectivity index (χ3v) is 6.91. The molecule has 0 aliphatic rings. The Morgan fingerprint density at radius 3 is 2.53 bits per heavy atom. The molecule has 4 aromatic rings. The Bertz CT molecular complexity index is 1190. The van der Waals surface area contributed by atoms with Crippen LogP contribution in [0.3, 0.4) is 0 Å². The Hall–Kier alpha value is -3.16. The highest BCUT2D eigenvalue weighted by Gasteiger charge is 2.23. The van der Waals surface area contributed by atoms with Crippen LogP contribution in [0.1, 0.15) is 30.6 Å². The molecule has 0 aliphatic heterocycles. The van der Waals surface area contributed by atoms with Gasteiger partial charge in [0.1, 0.15) is 5.25 Å². The maximum Gasteiger partial charge on any atom is 0.244 e. The van der Waals surface area contributed by atoms with Crippen LogP contribution in [0.15, 0.2) is 83.8 Å². The lowest BCUT2D eigenvalue weighted by atomic mass is 10.1. The van der Waals surface area contributed by atoms with Crippen molar-refractivity contribution in [3.8, 4) is 0 Å². The van der Waals surface area contributed by atoms with Crippen LogP contribution in [0, 0.1) is 0 Å². The van der Waals surface area contributed by atoms with E-state index in [1.165, 1.54) is 23.1 Å². The highest BCUT2D eigenvalue weighted by atomic mass is 32.2. The summed E-state index contributed by atoms with van der Waals surface area (Å²) < 4.78 is 1.03. The smallest absolute Gasteiger partial charge is 0.244 e. The van der Waals surface area contributed by atoms with Gasteiger partial charge in [-0.1, -0.05) is 66.8 Å². The van der Waals surface area contributed by atoms with Crippen molar-refractivity contribution in [2.75, 3.05) is 10.6 Å². The molecule has 1 unspecified atom stereocenters. The van der Waals surface area contributed by atoms with Crippen molar-refractivity contribution in [2.45, 2.75) is 29.9 Å². The first-order chi connectivity index (χ1) is 15.6. The van der Waals surface area contributed by atoms with Gasteiger partial charge >= 0.3 is 0 Å². The van der Waals surface area contributed by atoms with Gasteiger partial charge in [-0.05, 0) is 42.3 Å². The van der Waals surface area contributed by atoms with Crippen LogP contribution in [-0.4, -0.2) is 16.8 Å². The first-order valence-electron chi connectivity index (χ1n) is 10.4. The van der Waals surface area contributed by atoms with E-state index in [0.717, 1.165) is 32.8 Å². The number of fused-ring (bicyclic) bond motifs is 1. The summed E-state index contributed by atoms with van der Waals surface area (Å²) in [5.74, 6) is -0.150. The van der Waals surface area contributed by atoms with Crippen LogP contribution in [0.5, 0.6) is 0 Å². The van der Waals surface area contributed by atoms with Crippen molar-refractivity contribution >= 4 is 55.9 Å². The van der Waals surface area contributed by atoms with Crippen molar-refractivity contribution in [3.05, 3.63) is 84.4 Å². The number of nitrogens with zero attached hydrogens (tertiary/aromatic N) is 1. The van der Waals surface area contributed by atoms with E-state index in [1.54, 1.807) is 0 Å². The van der Waals surface area contributed by atoms with E-state index in [2.05, 4.69) is 15.6 Å². The largest absolute Gasteiger partial charge is 0.326 e. The van der Waals surface area contributed by atoms with E-state index in [4.69, 9.17) is 0 Å². The fourth-order valence-corrected chi connectivity index (χ4v) is 5.18. The molecule has 4 rings (SSSR count). The SMILES string of the molecule is CCCC(=O)Nc1cccc(SC(C(=O)Nc2nc3ccccc3s2)c2ccccc2)c1. The number of benzene rings is 3. The van der Waals surface area contributed by atoms with E-state index in [-0.39, 0.29) is 11.8 Å². The zero-order valence-corrected chi connectivity index (χ0v) is 19.2. The lowest BCUT2D eigenvalue weighted by Gasteiger charge is -2.17. The van der Waals surface area contributed by atoms with Crippen molar-refractivity contribution in [3.63, 3.8) is 0 Å². The maximum atomic E-state index is 13.3. The van der Waals surface area contributed by atoms with Crippen molar-refractivity contribution in [1.82, 2.24) is 4.98 Å². The van der Waals surface area contributed by atoms with Gasteiger partial charge < -0.3 is 10.6 Å². The third kappa shape index (κ3) is 5.55. The Morgan fingerprint density at radius 2 is 1.75 bits per heavy atom. The van der Waals surface area contributed by atoms with Gasteiger partial charge in [0, 0.05) is 17.0 Å². The Labute approximate surface area is 195 Å². The highest BCUT2D eigenvalue weighted by molar-refractivity contribution is 8.00. The van der Waals surface area contributed by atoms with Crippen molar-refractivity contribution in [2.24, 2.45) is 0 Å². The van der Waals surface area contributed by atoms with Gasteiger partial charge in [0.15, 0.2) is 5.13 Å². The molecule has 0 aliphatic carbocycles. The first kappa shape index (κ1) is 22.0. The summed E-state index contributed by atoms with van der Waals surface area (Å²) in [7, 11) is 0. The van der Waals surface area contributed by atoms with E-state index in [1.807, 2.05) is 85.8 Å². The molecule has 2 amide bonds. The molecule has 1 atom stereocenters. The molecule has 5 nitrogen and oxygen atoms in total. The number of nitrogens with one attached hydrogen (secondary N) is 2. The minimum atomic E-state index is -0.468. The molecule has 0 radical (unpaired) electrons. The van der Waals surface area contributed by atoms with Gasteiger partial charge in [-0.3, -0.25) is 9.59 Å². The van der Waals surface area contributed by atoms with Gasteiger partial charge in [-0.25, -0.2) is 4.98 Å². The number of thioether (sulfide) groups is 1. The fourth-order valence-electron chi connectivity index (χ4n) is 3.23. The standard InChI is InChI=1S/C25H23N3O2S2/c1-2-9-22(29)26-18-12-8-13-19(16-18)31-23(17-10-4-3-5-11-17)24(30)28-25-27-20-14-6-7-15-21(20)32-25/h3-8,10-16,23H,2,9H2,1H3,(H,26,29)(H,27,28,30). The number of amides is 2. The zero-order chi connectivity index (χ0) is 22.3. The zero-order valence-electron chi connectivity index (χ0n) is 17.6. The summed E-state index contributed by atoms with van der Waals surface area (Å²) in [5, 5.41) is 6.02. The number of aromatic nitrogens is 1. The van der Waals surface area contributed by atoms with E-state index in [0.29, 0.717) is 11.6 Å². The molecule has 0 bridgehead atoms. The van der Waals surface area contributed by atoms with Crippen LogP contribution >= 0.6 is 23.1 Å². The molecule has 1 aromatic heterocycles. The quantitative estimate of drug-likeness (QED) is 0.294. The van der Waals surface area contributed by atoms with Gasteiger partial charge in [0.05, 0.1) is 10.2 Å². The number of hydrogen-bond donors (Lipinski definition) is 2. The molecular weight excluding hydrogens is 438 g/mol. The van der Waals surface area contributed by atoms with Crippen LogP contribution < -0.4 is 10.6 Å². The lowest BCUT2D eigenvalue weighted by molar-refractivity contribution is -0.116. The molecular formula is C25H23N3O2S2. The average Bonchev–Trinajstić information content (AvgIpc) is 3.20. The Morgan fingerprint density at radius 1 is 0.969 bits per heavy atom. The van der Waals surface area contributed by atoms with Gasteiger partial charge in [-0.2, -0.15) is 0 Å². The van der Waals surface area contributed by atoms with Gasteiger partial charge in [-0.15, -0.1) is 11.8 Å². The molecule has 0 saturated carbocycles. The second-order valence-electron chi connectivity index (χ2n) is 7.21. The minimum absolute atomic E-state index is 0.0113. The number of anilines is 2. The predicted molar refractivity (Wildman–Crippen MR) is 133 cm³/mol. The topological polar surface area (TPSA) is 71.1 Å². The number of carbonyl (C=O) groups is 2. The van der Waals surface area contributed by atoms with Crippen LogP contribution in [-0.2, 0) is 9.59 Å². The number of rotatable bonds is 8. The molecule has 162 valence electrons. The number of thiazole rings is 1. The molecule has 1 heterocycles. The van der Waals surface area contributed by atoms with Gasteiger partial charge in [0.25, 0.3) is 0 Å². The minimum Gasteiger partial charge on any atom is -0.326 e. The van der Waals surface area contributed by atoms with Crippen LogP contribution in [0.2, 0.25) is 0 Å². The molecule has 2 N–H and O–H groups in total. The summed E-state index contributed by atoms with van der Waals surface area (Å²) in [6.45, 7) is 1.97. The Balaban J connectivity index is 1.56. The lowest BCUT2D eigenvalue weighted by Crippen LogP contribution is -2.19. The van der Waals surface area contributed by atoms with Crippen molar-refractivity contribution in [1.29, 1.82) is 0 Å². The predicted octanol–water partition coefficient (Wildman–Crippen LogP) is 6.51. The number of para-hydroxylation sites is 1. The second kappa shape index (κ2) is 10.4. The molecule has 0 spiro atoms. The first-order valence-corrected chi connectivity index (χ1v) is 12.1. The summed E-state index contributed by atoms with van der Waals surface area (Å²) >= 11 is 2.90. The second-order valence-corrected chi connectivity index (χ2v) is 9.42. The van der Waals surface area contributed by atoms with E-state index in [9.17, 15) is 9.59 Å². The van der Waals surface area contributed by atoms with Gasteiger partial charge in [0.2, 0.25) is 11.8 Å². The van der Waals surface area contributed by atoms with Crippen LogP contribution in [0.25, 0.3) is 10.2 Å². The summed E-state index contributed by atoms with van der Waals surface area (Å²) in [4.78, 5) is 30.7. The normalized spacial score (nSPS) is 11.8. The van der Waals surface area contributed by atoms with Crippen LogP contribution in [0.4, 0.5) is 10.8 Å². The molecule has 7 heteroatoms. The van der Waals surface area contributed by atoms with Crippen molar-refractivity contribution < 1.29 is 9.59 Å². The number of carbonyl (C=O) groups excluding carboxylic acids is 2. The summed E-state index contributed by atoms with van der Waals surface area (Å²) in [6.07, 6.45) is 1.27. The average molecular weight is 462 g/mol. The third-order valence-electron chi connectivity index (χ3n) is 4.71. The molecule has 0 saturated heterocycles. The van der Waals surface area contributed by atoms with E-state index < -0.39 is 5.25 Å².